The average molecular weight is 373 g/mol. The summed E-state index contributed by atoms with van der Waals surface area (Å²) in [7, 11) is 1.84. The molecule has 3 aliphatic rings. The minimum Gasteiger partial charge on any atom is -0.381 e. The third kappa shape index (κ3) is 3.78. The van der Waals surface area contributed by atoms with Crippen LogP contribution >= 0.6 is 0 Å². The van der Waals surface area contributed by atoms with Crippen LogP contribution in [-0.2, 0) is 20.7 Å². The first-order chi connectivity index (χ1) is 13.2. The van der Waals surface area contributed by atoms with Gasteiger partial charge in [0.1, 0.15) is 0 Å². The van der Waals surface area contributed by atoms with Crippen molar-refractivity contribution in [3.63, 3.8) is 0 Å². The quantitative estimate of drug-likeness (QED) is 0.796. The summed E-state index contributed by atoms with van der Waals surface area (Å²) in [6, 6.07) is 10.9. The molecule has 0 radical (unpaired) electrons. The Hall–Kier alpha value is -1.43. The standard InChI is InChI=1S/C22H32N2O3/c1-26-20-17-24(22(20)11-15-27-16-12-22)19-9-13-23(14-10-19)21(25)8-7-18-5-3-2-4-6-18/h2-6,19-20H,7-17H2,1H3. The van der Waals surface area contributed by atoms with Crippen molar-refractivity contribution >= 4 is 5.91 Å². The molecule has 0 saturated carbocycles. The van der Waals surface area contributed by atoms with E-state index in [4.69, 9.17) is 9.47 Å². The molecule has 0 aliphatic carbocycles. The molecule has 1 aromatic carbocycles. The number of carbonyl (C=O) groups is 1. The Labute approximate surface area is 162 Å². The van der Waals surface area contributed by atoms with Gasteiger partial charge in [0.2, 0.25) is 5.91 Å². The molecule has 1 amide bonds. The van der Waals surface area contributed by atoms with Crippen molar-refractivity contribution < 1.29 is 14.3 Å². The van der Waals surface area contributed by atoms with E-state index >= 15 is 0 Å². The Kier molecular flexibility index (Phi) is 5.81. The largest absolute Gasteiger partial charge is 0.381 e. The average Bonchev–Trinajstić information content (AvgIpc) is 2.73. The number of piperidine rings is 1. The zero-order valence-electron chi connectivity index (χ0n) is 16.4. The monoisotopic (exact) mass is 372 g/mol. The highest BCUT2D eigenvalue weighted by atomic mass is 16.5. The van der Waals surface area contributed by atoms with E-state index in [0.29, 0.717) is 24.5 Å². The molecule has 5 heteroatoms. The number of benzene rings is 1. The highest BCUT2D eigenvalue weighted by molar-refractivity contribution is 5.76. The Balaban J connectivity index is 1.28. The summed E-state index contributed by atoms with van der Waals surface area (Å²) < 4.78 is 11.4. The topological polar surface area (TPSA) is 42.0 Å². The van der Waals surface area contributed by atoms with Gasteiger partial charge in [0.05, 0.1) is 11.6 Å². The summed E-state index contributed by atoms with van der Waals surface area (Å²) in [4.78, 5) is 17.3. The fourth-order valence-electron chi connectivity index (χ4n) is 5.22. The molecule has 0 aromatic heterocycles. The third-order valence-electron chi connectivity index (χ3n) is 6.91. The lowest BCUT2D eigenvalue weighted by molar-refractivity contribution is -0.208. The zero-order chi connectivity index (χ0) is 18.7. The predicted molar refractivity (Wildman–Crippen MR) is 105 cm³/mol. The highest BCUT2D eigenvalue weighted by Crippen LogP contribution is 2.44. The molecule has 148 valence electrons. The van der Waals surface area contributed by atoms with E-state index in [1.165, 1.54) is 5.56 Å². The van der Waals surface area contributed by atoms with Gasteiger partial charge in [-0.2, -0.15) is 0 Å². The Morgan fingerprint density at radius 3 is 2.56 bits per heavy atom. The minimum absolute atomic E-state index is 0.178. The number of rotatable bonds is 5. The molecule has 1 aromatic rings. The van der Waals surface area contributed by atoms with Crippen LogP contribution in [0.3, 0.4) is 0 Å². The lowest BCUT2D eigenvalue weighted by Crippen LogP contribution is -2.75. The van der Waals surface area contributed by atoms with Crippen molar-refractivity contribution in [2.24, 2.45) is 0 Å². The fourth-order valence-corrected chi connectivity index (χ4v) is 5.22. The summed E-state index contributed by atoms with van der Waals surface area (Å²) in [5, 5.41) is 0. The second kappa shape index (κ2) is 8.29. The van der Waals surface area contributed by atoms with Crippen LogP contribution in [-0.4, -0.2) is 73.3 Å². The van der Waals surface area contributed by atoms with Gasteiger partial charge in [-0.05, 0) is 37.7 Å². The molecule has 4 rings (SSSR count). The van der Waals surface area contributed by atoms with Gasteiger partial charge in [-0.15, -0.1) is 0 Å². The van der Waals surface area contributed by atoms with Crippen molar-refractivity contribution in [2.75, 3.05) is 40.0 Å². The molecule has 3 saturated heterocycles. The van der Waals surface area contributed by atoms with E-state index in [-0.39, 0.29) is 5.54 Å². The Morgan fingerprint density at radius 1 is 1.19 bits per heavy atom. The number of likely N-dealkylation sites (tertiary alicyclic amines) is 2. The second-order valence-corrected chi connectivity index (χ2v) is 8.19. The van der Waals surface area contributed by atoms with Crippen LogP contribution in [0.2, 0.25) is 0 Å². The van der Waals surface area contributed by atoms with Crippen LogP contribution in [0.1, 0.15) is 37.7 Å². The van der Waals surface area contributed by atoms with Crippen LogP contribution < -0.4 is 0 Å². The van der Waals surface area contributed by atoms with Crippen LogP contribution in [0.25, 0.3) is 0 Å². The molecule has 27 heavy (non-hydrogen) atoms. The van der Waals surface area contributed by atoms with Gasteiger partial charge >= 0.3 is 0 Å². The van der Waals surface area contributed by atoms with Crippen LogP contribution in [0.4, 0.5) is 0 Å². The van der Waals surface area contributed by atoms with E-state index in [9.17, 15) is 4.79 Å². The van der Waals surface area contributed by atoms with Gasteiger partial charge in [0.15, 0.2) is 0 Å². The lowest BCUT2D eigenvalue weighted by Gasteiger charge is -2.63. The first-order valence-corrected chi connectivity index (χ1v) is 10.4. The molecule has 1 unspecified atom stereocenters. The number of aryl methyl sites for hydroxylation is 1. The molecule has 3 aliphatic heterocycles. The van der Waals surface area contributed by atoms with E-state index in [0.717, 1.165) is 65.0 Å². The first-order valence-electron chi connectivity index (χ1n) is 10.4. The van der Waals surface area contributed by atoms with Gasteiger partial charge in [0.25, 0.3) is 0 Å². The highest BCUT2D eigenvalue weighted by Gasteiger charge is 2.56. The van der Waals surface area contributed by atoms with Crippen molar-refractivity contribution in [3.8, 4) is 0 Å². The van der Waals surface area contributed by atoms with Gasteiger partial charge < -0.3 is 14.4 Å². The van der Waals surface area contributed by atoms with E-state index in [1.807, 2.05) is 25.3 Å². The molecule has 5 nitrogen and oxygen atoms in total. The first kappa shape index (κ1) is 18.9. The number of hydrogen-bond donors (Lipinski definition) is 0. The van der Waals surface area contributed by atoms with Crippen LogP contribution in [0, 0.1) is 0 Å². The number of ether oxygens (including phenoxy) is 2. The molecule has 1 atom stereocenters. The van der Waals surface area contributed by atoms with Gasteiger partial charge in [0, 0.05) is 52.4 Å². The van der Waals surface area contributed by atoms with Crippen molar-refractivity contribution in [3.05, 3.63) is 35.9 Å². The number of methoxy groups -OCH3 is 1. The SMILES string of the molecule is COC1CN(C2CCN(C(=O)CCc3ccccc3)CC2)C12CCOCC2. The second-order valence-electron chi connectivity index (χ2n) is 8.19. The molecular formula is C22H32N2O3. The molecule has 1 spiro atoms. The molecular weight excluding hydrogens is 340 g/mol. The fraction of sp³-hybridized carbons (Fsp3) is 0.682. The summed E-state index contributed by atoms with van der Waals surface area (Å²) in [6.45, 7) is 4.49. The maximum atomic E-state index is 12.6. The smallest absolute Gasteiger partial charge is 0.222 e. The molecule has 0 N–H and O–H groups in total. The number of amides is 1. The van der Waals surface area contributed by atoms with Crippen molar-refractivity contribution in [1.29, 1.82) is 0 Å². The van der Waals surface area contributed by atoms with Crippen molar-refractivity contribution in [2.45, 2.75) is 56.2 Å². The third-order valence-corrected chi connectivity index (χ3v) is 6.91. The van der Waals surface area contributed by atoms with E-state index in [2.05, 4.69) is 21.9 Å². The van der Waals surface area contributed by atoms with Crippen LogP contribution in [0.5, 0.6) is 0 Å². The lowest BCUT2D eigenvalue weighted by atomic mass is 9.73. The molecule has 3 heterocycles. The van der Waals surface area contributed by atoms with Crippen LogP contribution in [0.15, 0.2) is 30.3 Å². The summed E-state index contributed by atoms with van der Waals surface area (Å²) in [5.74, 6) is 0.302. The number of nitrogens with zero attached hydrogens (tertiary/aromatic N) is 2. The molecule has 0 bridgehead atoms. The number of hydrogen-bond acceptors (Lipinski definition) is 4. The number of carbonyl (C=O) groups excluding carboxylic acids is 1. The van der Waals surface area contributed by atoms with Gasteiger partial charge in [-0.1, -0.05) is 30.3 Å². The summed E-state index contributed by atoms with van der Waals surface area (Å²) in [5.41, 5.74) is 1.42. The molecule has 3 fully saturated rings. The van der Waals surface area contributed by atoms with Gasteiger partial charge in [-0.25, -0.2) is 0 Å². The summed E-state index contributed by atoms with van der Waals surface area (Å²) >= 11 is 0. The zero-order valence-corrected chi connectivity index (χ0v) is 16.4. The van der Waals surface area contributed by atoms with Crippen molar-refractivity contribution in [1.82, 2.24) is 9.80 Å². The van der Waals surface area contributed by atoms with Gasteiger partial charge in [-0.3, -0.25) is 9.69 Å². The minimum atomic E-state index is 0.178. The van der Waals surface area contributed by atoms with E-state index < -0.39 is 0 Å². The predicted octanol–water partition coefficient (Wildman–Crippen LogP) is 2.49. The normalized spacial score (nSPS) is 26.1. The summed E-state index contributed by atoms with van der Waals surface area (Å²) in [6.07, 6.45) is 6.10. The Morgan fingerprint density at radius 2 is 1.89 bits per heavy atom. The maximum Gasteiger partial charge on any atom is 0.222 e. The maximum absolute atomic E-state index is 12.6. The van der Waals surface area contributed by atoms with E-state index in [1.54, 1.807) is 0 Å². The Bertz CT molecular complexity index is 622.